The Bertz CT molecular complexity index is 1050. The summed E-state index contributed by atoms with van der Waals surface area (Å²) in [6, 6.07) is 13.7. The van der Waals surface area contributed by atoms with Crippen LogP contribution in [0.1, 0.15) is 47.7 Å². The van der Waals surface area contributed by atoms with E-state index in [9.17, 15) is 14.4 Å². The minimum Gasteiger partial charge on any atom is -0.340 e. The van der Waals surface area contributed by atoms with Crippen LogP contribution in [0.2, 0.25) is 0 Å². The summed E-state index contributed by atoms with van der Waals surface area (Å²) in [5.41, 5.74) is 4.19. The molecule has 0 unspecified atom stereocenters. The first-order valence-electron chi connectivity index (χ1n) is 10.9. The Morgan fingerprint density at radius 1 is 1.03 bits per heavy atom. The van der Waals surface area contributed by atoms with Crippen molar-refractivity contribution in [2.75, 3.05) is 18.9 Å². The summed E-state index contributed by atoms with van der Waals surface area (Å²) >= 11 is 0. The van der Waals surface area contributed by atoms with Crippen LogP contribution in [0.5, 0.6) is 0 Å². The Morgan fingerprint density at radius 3 is 2.12 bits per heavy atom. The smallest absolute Gasteiger partial charge is 0.265 e. The summed E-state index contributed by atoms with van der Waals surface area (Å²) in [5, 5.41) is 14.2. The third-order valence-corrected chi connectivity index (χ3v) is 5.37. The van der Waals surface area contributed by atoms with Crippen molar-refractivity contribution in [3.8, 4) is 11.8 Å². The van der Waals surface area contributed by atoms with Gasteiger partial charge in [-0.2, -0.15) is 0 Å². The fraction of sp³-hybridized carbons (Fsp3) is 0.320. The predicted molar refractivity (Wildman–Crippen MR) is 125 cm³/mol. The number of nitrogens with one attached hydrogen (secondary N) is 3. The van der Waals surface area contributed by atoms with Crippen molar-refractivity contribution in [1.29, 1.82) is 0 Å². The zero-order valence-electron chi connectivity index (χ0n) is 18.7. The third kappa shape index (κ3) is 7.17. The second-order valence-corrected chi connectivity index (χ2v) is 8.01. The van der Waals surface area contributed by atoms with Gasteiger partial charge in [-0.15, -0.1) is 0 Å². The van der Waals surface area contributed by atoms with Crippen LogP contribution in [0.3, 0.4) is 0 Å². The van der Waals surface area contributed by atoms with Crippen molar-refractivity contribution >= 4 is 23.4 Å². The van der Waals surface area contributed by atoms with Crippen LogP contribution in [-0.4, -0.2) is 53.5 Å². The van der Waals surface area contributed by atoms with E-state index in [1.54, 1.807) is 36.7 Å². The molecule has 0 radical (unpaired) electrons. The lowest BCUT2D eigenvalue weighted by atomic mass is 10.1. The van der Waals surface area contributed by atoms with Gasteiger partial charge in [0, 0.05) is 28.4 Å². The molecule has 4 N–H and O–H groups in total. The molecular weight excluding hydrogens is 420 g/mol. The van der Waals surface area contributed by atoms with Gasteiger partial charge in [0.1, 0.15) is 6.04 Å². The third-order valence-electron chi connectivity index (χ3n) is 5.37. The van der Waals surface area contributed by atoms with E-state index in [1.165, 1.54) is 0 Å². The van der Waals surface area contributed by atoms with Gasteiger partial charge < -0.3 is 10.6 Å². The second kappa shape index (κ2) is 11.3. The molecule has 1 saturated carbocycles. The number of rotatable bonds is 8. The van der Waals surface area contributed by atoms with E-state index < -0.39 is 17.9 Å². The normalized spacial score (nSPS) is 13.5. The number of anilines is 1. The van der Waals surface area contributed by atoms with E-state index in [-0.39, 0.29) is 5.91 Å². The number of benzene rings is 2. The van der Waals surface area contributed by atoms with E-state index in [2.05, 4.69) is 27.4 Å². The lowest BCUT2D eigenvalue weighted by Gasteiger charge is -2.15. The first-order chi connectivity index (χ1) is 15.9. The molecule has 1 aliphatic carbocycles. The molecule has 3 rings (SSSR count). The lowest BCUT2D eigenvalue weighted by Crippen LogP contribution is -2.45. The van der Waals surface area contributed by atoms with Crippen LogP contribution < -0.4 is 16.1 Å². The molecule has 33 heavy (non-hydrogen) atoms. The predicted octanol–water partition coefficient (Wildman–Crippen LogP) is 2.13. The van der Waals surface area contributed by atoms with Gasteiger partial charge in [-0.25, -0.2) is 5.48 Å². The lowest BCUT2D eigenvalue weighted by molar-refractivity contribution is -0.131. The second-order valence-electron chi connectivity index (χ2n) is 8.01. The molecule has 2 aromatic rings. The van der Waals surface area contributed by atoms with Gasteiger partial charge in [0.25, 0.3) is 11.8 Å². The zero-order valence-corrected chi connectivity index (χ0v) is 18.7. The van der Waals surface area contributed by atoms with E-state index in [0.29, 0.717) is 24.6 Å². The number of carbonyl (C=O) groups excluding carboxylic acids is 3. The van der Waals surface area contributed by atoms with Crippen molar-refractivity contribution in [2.24, 2.45) is 0 Å². The van der Waals surface area contributed by atoms with Gasteiger partial charge in [-0.1, -0.05) is 18.8 Å². The number of hydrogen-bond donors (Lipinski definition) is 4. The highest BCUT2D eigenvalue weighted by Gasteiger charge is 2.27. The van der Waals surface area contributed by atoms with E-state index in [4.69, 9.17) is 5.21 Å². The number of hydrogen-bond acceptors (Lipinski definition) is 5. The fourth-order valence-electron chi connectivity index (χ4n) is 3.23. The molecule has 0 spiro atoms. The van der Waals surface area contributed by atoms with Crippen LogP contribution in [0.15, 0.2) is 48.5 Å². The Hall–Kier alpha value is -3.67. The summed E-state index contributed by atoms with van der Waals surface area (Å²) in [6.45, 7) is 2.11. The Labute approximate surface area is 193 Å². The number of nitrogens with zero attached hydrogens (tertiary/aromatic N) is 1. The average Bonchev–Trinajstić information content (AvgIpc) is 3.67. The maximum absolute atomic E-state index is 12.3. The summed E-state index contributed by atoms with van der Waals surface area (Å²) < 4.78 is 0. The molecule has 1 fully saturated rings. The Morgan fingerprint density at radius 2 is 1.61 bits per heavy atom. The van der Waals surface area contributed by atoms with Crippen LogP contribution >= 0.6 is 0 Å². The van der Waals surface area contributed by atoms with Gasteiger partial charge in [-0.05, 0) is 74.8 Å². The molecule has 0 heterocycles. The van der Waals surface area contributed by atoms with Crippen molar-refractivity contribution in [2.45, 2.75) is 38.3 Å². The number of likely N-dealkylation sites (N-methyl/N-ethyl adjacent to an activating group) is 1. The fourth-order valence-corrected chi connectivity index (χ4v) is 3.23. The standard InChI is InChI=1S/C25H28N4O4/c1-3-22(25(32)28-33)27-24(31)19-10-6-17(7-11-19)4-5-18-8-12-20(13-9-18)26-23(30)16-29(2)21-14-15-21/h6-13,21-22,33H,3,14-16H2,1-2H3,(H,26,30)(H,27,31)(H,28,32)/t22-/m0/s1. The molecular formula is C25H28N4O4. The number of amides is 3. The minimum atomic E-state index is -0.811. The zero-order chi connectivity index (χ0) is 23.8. The SMILES string of the molecule is CC[C@H](NC(=O)c1ccc(C#Cc2ccc(NC(=O)CN(C)C3CC3)cc2)cc1)C(=O)NO. The molecule has 1 atom stereocenters. The molecule has 0 aromatic heterocycles. The molecule has 1 aliphatic rings. The Balaban J connectivity index is 1.54. The van der Waals surface area contributed by atoms with Gasteiger partial charge in [0.05, 0.1) is 6.54 Å². The highest BCUT2D eigenvalue weighted by Crippen LogP contribution is 2.24. The molecule has 0 bridgehead atoms. The molecule has 0 saturated heterocycles. The van der Waals surface area contributed by atoms with Crippen LogP contribution in [0.25, 0.3) is 0 Å². The maximum atomic E-state index is 12.3. The molecule has 3 amide bonds. The number of carbonyl (C=O) groups is 3. The molecule has 8 heteroatoms. The van der Waals surface area contributed by atoms with Gasteiger partial charge in [0.15, 0.2) is 0 Å². The Kier molecular flexibility index (Phi) is 8.19. The molecule has 0 aliphatic heterocycles. The van der Waals surface area contributed by atoms with Crippen LogP contribution in [-0.2, 0) is 9.59 Å². The average molecular weight is 449 g/mol. The highest BCUT2D eigenvalue weighted by molar-refractivity contribution is 5.97. The van der Waals surface area contributed by atoms with Gasteiger partial charge in [0.2, 0.25) is 5.91 Å². The minimum absolute atomic E-state index is 0.0328. The van der Waals surface area contributed by atoms with E-state index >= 15 is 0 Å². The summed E-state index contributed by atoms with van der Waals surface area (Å²) in [6.07, 6.45) is 2.67. The van der Waals surface area contributed by atoms with Crippen molar-refractivity contribution < 1.29 is 19.6 Å². The van der Waals surface area contributed by atoms with Crippen LogP contribution in [0, 0.1) is 11.8 Å². The first kappa shape index (κ1) is 24.0. The van der Waals surface area contributed by atoms with Crippen LogP contribution in [0.4, 0.5) is 5.69 Å². The first-order valence-corrected chi connectivity index (χ1v) is 10.9. The maximum Gasteiger partial charge on any atom is 0.265 e. The molecule has 172 valence electrons. The van der Waals surface area contributed by atoms with Crippen molar-refractivity contribution in [3.63, 3.8) is 0 Å². The van der Waals surface area contributed by atoms with Crippen molar-refractivity contribution in [1.82, 2.24) is 15.7 Å². The summed E-state index contributed by atoms with van der Waals surface area (Å²) in [7, 11) is 1.96. The van der Waals surface area contributed by atoms with Gasteiger partial charge >= 0.3 is 0 Å². The van der Waals surface area contributed by atoms with E-state index in [0.717, 1.165) is 29.7 Å². The van der Waals surface area contributed by atoms with Gasteiger partial charge in [-0.3, -0.25) is 24.5 Å². The monoisotopic (exact) mass is 448 g/mol. The summed E-state index contributed by atoms with van der Waals surface area (Å²) in [4.78, 5) is 38.0. The molecule has 8 nitrogen and oxygen atoms in total. The quantitative estimate of drug-likeness (QED) is 0.281. The largest absolute Gasteiger partial charge is 0.340 e. The molecule has 2 aromatic carbocycles. The topological polar surface area (TPSA) is 111 Å². The highest BCUT2D eigenvalue weighted by atomic mass is 16.5. The van der Waals surface area contributed by atoms with E-state index in [1.807, 2.05) is 31.3 Å². The summed E-state index contributed by atoms with van der Waals surface area (Å²) in [5.74, 6) is 4.99. The number of hydroxylamine groups is 1. The van der Waals surface area contributed by atoms with Crippen molar-refractivity contribution in [3.05, 3.63) is 65.2 Å².